The van der Waals surface area contributed by atoms with Crippen LogP contribution in [0, 0.1) is 5.82 Å². The van der Waals surface area contributed by atoms with Gasteiger partial charge in [0.05, 0.1) is 6.61 Å². The van der Waals surface area contributed by atoms with E-state index in [9.17, 15) is 4.39 Å². The fourth-order valence-electron chi connectivity index (χ4n) is 2.68. The van der Waals surface area contributed by atoms with Crippen molar-refractivity contribution in [1.82, 2.24) is 0 Å². The average molecular weight is 349 g/mol. The molecule has 1 aliphatic rings. The minimum Gasteiger partial charge on any atom is -0.493 e. The molecule has 1 fully saturated rings. The van der Waals surface area contributed by atoms with Crippen LogP contribution in [0.1, 0.15) is 36.8 Å². The molecule has 0 aliphatic heterocycles. The summed E-state index contributed by atoms with van der Waals surface area (Å²) >= 11 is 3.53. The van der Waals surface area contributed by atoms with E-state index in [2.05, 4.69) is 28.1 Å². The quantitative estimate of drug-likeness (QED) is 0.633. The van der Waals surface area contributed by atoms with Crippen LogP contribution in [-0.4, -0.2) is 6.61 Å². The van der Waals surface area contributed by atoms with Crippen molar-refractivity contribution in [3.8, 4) is 16.9 Å². The summed E-state index contributed by atoms with van der Waals surface area (Å²) in [5, 5.41) is 0.816. The lowest BCUT2D eigenvalue weighted by Crippen LogP contribution is -1.99. The lowest BCUT2D eigenvalue weighted by atomic mass is 9.94. The summed E-state index contributed by atoms with van der Waals surface area (Å²) in [7, 11) is 0. The SMILES string of the molecule is CCOc1cc(CBr)cc(C2CC2)c1-c1ccc(F)cc1. The van der Waals surface area contributed by atoms with Gasteiger partial charge >= 0.3 is 0 Å². The molecule has 1 nitrogen and oxygen atoms in total. The Morgan fingerprint density at radius 2 is 1.90 bits per heavy atom. The lowest BCUT2D eigenvalue weighted by molar-refractivity contribution is 0.341. The van der Waals surface area contributed by atoms with E-state index in [1.807, 2.05) is 19.1 Å². The molecule has 0 aromatic heterocycles. The minimum atomic E-state index is -0.207. The Morgan fingerprint density at radius 1 is 1.19 bits per heavy atom. The van der Waals surface area contributed by atoms with Crippen molar-refractivity contribution in [2.45, 2.75) is 31.0 Å². The summed E-state index contributed by atoms with van der Waals surface area (Å²) in [5.41, 5.74) is 4.72. The monoisotopic (exact) mass is 348 g/mol. The van der Waals surface area contributed by atoms with Gasteiger partial charge in [0.1, 0.15) is 11.6 Å². The zero-order chi connectivity index (χ0) is 14.8. The van der Waals surface area contributed by atoms with Crippen molar-refractivity contribution in [2.24, 2.45) is 0 Å². The molecule has 0 saturated heterocycles. The van der Waals surface area contributed by atoms with E-state index in [0.717, 1.165) is 22.2 Å². The molecule has 1 saturated carbocycles. The van der Waals surface area contributed by atoms with Gasteiger partial charge in [0.2, 0.25) is 0 Å². The van der Waals surface area contributed by atoms with E-state index < -0.39 is 0 Å². The highest BCUT2D eigenvalue weighted by Gasteiger charge is 2.28. The molecule has 0 N–H and O–H groups in total. The Kier molecular flexibility index (Phi) is 4.29. The molecule has 2 aromatic carbocycles. The number of rotatable bonds is 5. The molecule has 1 aliphatic carbocycles. The van der Waals surface area contributed by atoms with Crippen molar-refractivity contribution in [3.63, 3.8) is 0 Å². The van der Waals surface area contributed by atoms with Crippen molar-refractivity contribution in [1.29, 1.82) is 0 Å². The van der Waals surface area contributed by atoms with E-state index in [1.165, 1.54) is 36.1 Å². The predicted octanol–water partition coefficient (Wildman–Crippen LogP) is 5.66. The van der Waals surface area contributed by atoms with Crippen molar-refractivity contribution >= 4 is 15.9 Å². The molecule has 110 valence electrons. The average Bonchev–Trinajstić information content (AvgIpc) is 3.32. The van der Waals surface area contributed by atoms with E-state index in [1.54, 1.807) is 0 Å². The number of benzene rings is 2. The topological polar surface area (TPSA) is 9.23 Å². The van der Waals surface area contributed by atoms with Crippen LogP contribution in [0.15, 0.2) is 36.4 Å². The molecule has 0 bridgehead atoms. The van der Waals surface area contributed by atoms with E-state index in [4.69, 9.17) is 4.74 Å². The van der Waals surface area contributed by atoms with Gasteiger partial charge in [-0.15, -0.1) is 0 Å². The van der Waals surface area contributed by atoms with E-state index in [-0.39, 0.29) is 5.82 Å². The largest absolute Gasteiger partial charge is 0.493 e. The van der Waals surface area contributed by atoms with Crippen molar-refractivity contribution < 1.29 is 9.13 Å². The molecule has 0 spiro atoms. The standard InChI is InChI=1S/C18H18BrFO/c1-2-21-17-10-12(11-19)9-16(13-3-4-13)18(17)14-5-7-15(20)8-6-14/h5-10,13H,2-4,11H2,1H3. The third-order valence-corrected chi connectivity index (χ3v) is 4.44. The normalized spacial score (nSPS) is 14.2. The molecule has 3 rings (SSSR count). The van der Waals surface area contributed by atoms with Gasteiger partial charge < -0.3 is 4.74 Å². The first-order valence-electron chi connectivity index (χ1n) is 7.34. The van der Waals surface area contributed by atoms with Crippen molar-refractivity contribution in [2.75, 3.05) is 6.61 Å². The highest BCUT2D eigenvalue weighted by atomic mass is 79.9. The van der Waals surface area contributed by atoms with Crippen LogP contribution in [0.4, 0.5) is 4.39 Å². The summed E-state index contributed by atoms with van der Waals surface area (Å²) in [6.07, 6.45) is 2.46. The first-order valence-corrected chi connectivity index (χ1v) is 8.46. The van der Waals surface area contributed by atoms with Crippen LogP contribution in [0.5, 0.6) is 5.75 Å². The van der Waals surface area contributed by atoms with Crippen LogP contribution >= 0.6 is 15.9 Å². The molecule has 3 heteroatoms. The Hall–Kier alpha value is -1.35. The highest BCUT2D eigenvalue weighted by molar-refractivity contribution is 9.08. The van der Waals surface area contributed by atoms with Crippen LogP contribution in [-0.2, 0) is 5.33 Å². The van der Waals surface area contributed by atoms with Crippen LogP contribution in [0.2, 0.25) is 0 Å². The number of alkyl halides is 1. The Bertz CT molecular complexity index is 632. The van der Waals surface area contributed by atoms with Crippen LogP contribution in [0.3, 0.4) is 0 Å². The number of hydrogen-bond donors (Lipinski definition) is 0. The summed E-state index contributed by atoms with van der Waals surface area (Å²) in [5.74, 6) is 1.31. The number of hydrogen-bond acceptors (Lipinski definition) is 1. The van der Waals surface area contributed by atoms with Gasteiger partial charge in [0.15, 0.2) is 0 Å². The number of halogens is 2. The maximum absolute atomic E-state index is 13.2. The first kappa shape index (κ1) is 14.6. The van der Waals surface area contributed by atoms with Gasteiger partial charge in [-0.3, -0.25) is 0 Å². The van der Waals surface area contributed by atoms with Gasteiger partial charge in [-0.05, 0) is 60.6 Å². The maximum Gasteiger partial charge on any atom is 0.127 e. The van der Waals surface area contributed by atoms with Gasteiger partial charge in [0, 0.05) is 10.9 Å². The van der Waals surface area contributed by atoms with Gasteiger partial charge in [-0.2, -0.15) is 0 Å². The third-order valence-electron chi connectivity index (χ3n) is 3.80. The highest BCUT2D eigenvalue weighted by Crippen LogP contribution is 2.48. The van der Waals surface area contributed by atoms with Gasteiger partial charge in [0.25, 0.3) is 0 Å². The molecule has 0 radical (unpaired) electrons. The predicted molar refractivity (Wildman–Crippen MR) is 87.6 cm³/mol. The number of ether oxygens (including phenoxy) is 1. The molecule has 0 atom stereocenters. The van der Waals surface area contributed by atoms with Crippen LogP contribution in [0.25, 0.3) is 11.1 Å². The summed E-state index contributed by atoms with van der Waals surface area (Å²) in [6, 6.07) is 11.1. The fraction of sp³-hybridized carbons (Fsp3) is 0.333. The van der Waals surface area contributed by atoms with E-state index in [0.29, 0.717) is 12.5 Å². The summed E-state index contributed by atoms with van der Waals surface area (Å²) in [6.45, 7) is 2.62. The van der Waals surface area contributed by atoms with Crippen LogP contribution < -0.4 is 4.74 Å². The molecule has 0 unspecified atom stereocenters. The molecular formula is C18H18BrFO. The second-order valence-electron chi connectivity index (χ2n) is 5.41. The zero-order valence-electron chi connectivity index (χ0n) is 12.0. The van der Waals surface area contributed by atoms with Gasteiger partial charge in [-0.1, -0.05) is 34.1 Å². The summed E-state index contributed by atoms with van der Waals surface area (Å²) in [4.78, 5) is 0. The Labute approximate surface area is 133 Å². The van der Waals surface area contributed by atoms with E-state index >= 15 is 0 Å². The second kappa shape index (κ2) is 6.18. The third kappa shape index (κ3) is 3.13. The Morgan fingerprint density at radius 3 is 2.48 bits per heavy atom. The second-order valence-corrected chi connectivity index (χ2v) is 5.97. The van der Waals surface area contributed by atoms with Gasteiger partial charge in [-0.25, -0.2) is 4.39 Å². The molecule has 2 aromatic rings. The molecular weight excluding hydrogens is 331 g/mol. The van der Waals surface area contributed by atoms with Crippen molar-refractivity contribution in [3.05, 3.63) is 53.3 Å². The summed E-state index contributed by atoms with van der Waals surface area (Å²) < 4.78 is 19.1. The molecule has 0 amide bonds. The molecule has 0 heterocycles. The minimum absolute atomic E-state index is 0.207. The molecule has 21 heavy (non-hydrogen) atoms. The smallest absolute Gasteiger partial charge is 0.127 e. The zero-order valence-corrected chi connectivity index (χ0v) is 13.6. The Balaban J connectivity index is 2.17. The fourth-order valence-corrected chi connectivity index (χ4v) is 3.01. The first-order chi connectivity index (χ1) is 10.2. The maximum atomic E-state index is 13.2. The lowest BCUT2D eigenvalue weighted by Gasteiger charge is -2.17.